The molecule has 3 heteroatoms. The maximum absolute atomic E-state index is 5.28. The van der Waals surface area contributed by atoms with Gasteiger partial charge in [0.2, 0.25) is 0 Å². The van der Waals surface area contributed by atoms with Crippen molar-refractivity contribution < 1.29 is 4.74 Å². The van der Waals surface area contributed by atoms with Crippen LogP contribution in [0.5, 0.6) is 0 Å². The zero-order valence-electron chi connectivity index (χ0n) is 4.55. The largest absolute Gasteiger partial charge is 0.391 e. The van der Waals surface area contributed by atoms with Crippen LogP contribution in [0.4, 0.5) is 0 Å². The van der Waals surface area contributed by atoms with Gasteiger partial charge in [0.05, 0.1) is 0 Å². The Morgan fingerprint density at radius 1 is 1.86 bits per heavy atom. The number of hydrogen-bond acceptors (Lipinski definition) is 2. The van der Waals surface area contributed by atoms with Gasteiger partial charge in [-0.15, -0.1) is 0 Å². The summed E-state index contributed by atoms with van der Waals surface area (Å²) in [5.41, 5.74) is 5.14. The van der Waals surface area contributed by atoms with Crippen LogP contribution >= 0.6 is 0 Å². The molecule has 2 nitrogen and oxygen atoms in total. The van der Waals surface area contributed by atoms with Crippen LogP contribution in [-0.4, -0.2) is 27.5 Å². The average molecular weight is 98.9 g/mol. The first-order valence-electron chi connectivity index (χ1n) is 2.29. The van der Waals surface area contributed by atoms with Gasteiger partial charge in [-0.25, -0.2) is 0 Å². The highest BCUT2D eigenvalue weighted by atomic mass is 16.5. The van der Waals surface area contributed by atoms with Gasteiger partial charge in [-0.05, 0) is 13.0 Å². The van der Waals surface area contributed by atoms with E-state index in [1.165, 1.54) is 0 Å². The summed E-state index contributed by atoms with van der Waals surface area (Å²) in [7, 11) is 6.85. The van der Waals surface area contributed by atoms with Crippen molar-refractivity contribution in [2.24, 2.45) is 5.73 Å². The zero-order valence-corrected chi connectivity index (χ0v) is 4.55. The molecule has 0 aliphatic rings. The van der Waals surface area contributed by atoms with Crippen molar-refractivity contribution in [1.82, 2.24) is 0 Å². The van der Waals surface area contributed by atoms with Crippen LogP contribution < -0.4 is 5.73 Å². The highest BCUT2D eigenvalue weighted by Crippen LogP contribution is 1.85. The van der Waals surface area contributed by atoms with E-state index >= 15 is 0 Å². The summed E-state index contributed by atoms with van der Waals surface area (Å²) in [5.74, 6) is 0. The average Bonchev–Trinajstić information content (AvgIpc) is 1.68. The molecular weight excluding hydrogens is 88.9 g/mol. The number of methoxy groups -OCH3 is 1. The summed E-state index contributed by atoms with van der Waals surface area (Å²) in [6.45, 7) is 0.592. The zero-order chi connectivity index (χ0) is 5.70. The molecule has 0 aromatic rings. The monoisotopic (exact) mass is 99.1 g/mol. The van der Waals surface area contributed by atoms with E-state index in [-0.39, 0.29) is 6.00 Å². The second-order valence-electron chi connectivity index (χ2n) is 1.35. The highest BCUT2D eigenvalue weighted by Gasteiger charge is 1.92. The molecule has 0 bridgehead atoms. The van der Waals surface area contributed by atoms with E-state index in [4.69, 9.17) is 13.6 Å². The smallest absolute Gasteiger partial charge is 0.109 e. The summed E-state index contributed by atoms with van der Waals surface area (Å²) < 4.78 is 4.69. The van der Waals surface area contributed by atoms with Gasteiger partial charge in [-0.3, -0.25) is 0 Å². The van der Waals surface area contributed by atoms with E-state index in [0.29, 0.717) is 6.54 Å². The van der Waals surface area contributed by atoms with Crippen molar-refractivity contribution in [2.75, 3.05) is 13.7 Å². The van der Waals surface area contributed by atoms with E-state index in [9.17, 15) is 0 Å². The lowest BCUT2D eigenvalue weighted by atomic mass is 9.97. The lowest BCUT2D eigenvalue weighted by Gasteiger charge is -2.05. The Morgan fingerprint density at radius 2 is 2.43 bits per heavy atom. The van der Waals surface area contributed by atoms with Crippen molar-refractivity contribution in [3.63, 3.8) is 0 Å². The molecule has 0 aromatic heterocycles. The van der Waals surface area contributed by atoms with Crippen LogP contribution in [0, 0.1) is 0 Å². The molecule has 0 rings (SSSR count). The van der Waals surface area contributed by atoms with E-state index in [2.05, 4.69) is 4.74 Å². The Labute approximate surface area is 45.4 Å². The van der Waals surface area contributed by atoms with E-state index in [0.717, 1.165) is 6.42 Å². The first-order chi connectivity index (χ1) is 3.31. The lowest BCUT2D eigenvalue weighted by molar-refractivity contribution is 0.161. The van der Waals surface area contributed by atoms with Gasteiger partial charge in [0, 0.05) is 13.1 Å². The minimum atomic E-state index is -0.176. The molecule has 2 radical (unpaired) electrons. The highest BCUT2D eigenvalue weighted by molar-refractivity contribution is 6.10. The summed E-state index contributed by atoms with van der Waals surface area (Å²) in [6, 6.07) is -0.176. The molecule has 0 aliphatic heterocycles. The minimum absolute atomic E-state index is 0.176. The van der Waals surface area contributed by atoms with Crippen LogP contribution in [0.2, 0.25) is 0 Å². The van der Waals surface area contributed by atoms with Crippen molar-refractivity contribution >= 4 is 7.85 Å². The Hall–Kier alpha value is -0.0151. The second kappa shape index (κ2) is 4.15. The van der Waals surface area contributed by atoms with Gasteiger partial charge >= 0.3 is 0 Å². The topological polar surface area (TPSA) is 35.2 Å². The molecule has 0 aromatic carbocycles. The van der Waals surface area contributed by atoms with Gasteiger partial charge < -0.3 is 10.5 Å². The van der Waals surface area contributed by atoms with Crippen molar-refractivity contribution in [1.29, 1.82) is 0 Å². The summed E-state index contributed by atoms with van der Waals surface area (Å²) in [6.07, 6.45) is 0.733. The third-order valence-electron chi connectivity index (χ3n) is 0.754. The number of nitrogens with two attached hydrogens (primary N) is 1. The Kier molecular flexibility index (Phi) is 4.14. The van der Waals surface area contributed by atoms with E-state index in [1.807, 2.05) is 0 Å². The lowest BCUT2D eigenvalue weighted by Crippen LogP contribution is -2.15. The Balaban J connectivity index is 2.83. The Morgan fingerprint density at radius 3 is 2.57 bits per heavy atom. The predicted octanol–water partition coefficient (Wildman–Crippen LogP) is -0.524. The molecular formula is C4H10BNO. The van der Waals surface area contributed by atoms with Crippen molar-refractivity contribution in [3.8, 4) is 0 Å². The molecule has 0 amide bonds. The number of ether oxygens (including phenoxy) is 1. The number of rotatable bonds is 3. The molecule has 40 valence electrons. The molecule has 1 atom stereocenters. The maximum Gasteiger partial charge on any atom is 0.109 e. The van der Waals surface area contributed by atoms with Crippen LogP contribution in [0.3, 0.4) is 0 Å². The van der Waals surface area contributed by atoms with E-state index < -0.39 is 0 Å². The SMILES string of the molecule is [B]C(CCN)OC. The molecule has 0 heterocycles. The fourth-order valence-corrected chi connectivity index (χ4v) is 0.282. The molecule has 0 spiro atoms. The van der Waals surface area contributed by atoms with Crippen LogP contribution in [0.1, 0.15) is 6.42 Å². The second-order valence-corrected chi connectivity index (χ2v) is 1.35. The maximum atomic E-state index is 5.28. The van der Waals surface area contributed by atoms with Gasteiger partial charge in [0.15, 0.2) is 0 Å². The molecule has 2 N–H and O–H groups in total. The summed E-state index contributed by atoms with van der Waals surface area (Å²) >= 11 is 0. The molecule has 0 fully saturated rings. The third-order valence-corrected chi connectivity index (χ3v) is 0.754. The summed E-state index contributed by atoms with van der Waals surface area (Å²) in [5, 5.41) is 0. The summed E-state index contributed by atoms with van der Waals surface area (Å²) in [4.78, 5) is 0. The van der Waals surface area contributed by atoms with E-state index in [1.54, 1.807) is 7.11 Å². The predicted molar refractivity (Wildman–Crippen MR) is 30.2 cm³/mol. The van der Waals surface area contributed by atoms with Crippen LogP contribution in [0.15, 0.2) is 0 Å². The molecule has 0 aliphatic carbocycles. The fourth-order valence-electron chi connectivity index (χ4n) is 0.282. The van der Waals surface area contributed by atoms with Crippen LogP contribution in [-0.2, 0) is 4.74 Å². The van der Waals surface area contributed by atoms with Gasteiger partial charge in [-0.2, -0.15) is 0 Å². The van der Waals surface area contributed by atoms with Crippen LogP contribution in [0.25, 0.3) is 0 Å². The number of hydrogen-bond donors (Lipinski definition) is 1. The van der Waals surface area contributed by atoms with Crippen molar-refractivity contribution in [3.05, 3.63) is 0 Å². The molecule has 7 heavy (non-hydrogen) atoms. The molecule has 0 saturated carbocycles. The van der Waals surface area contributed by atoms with Gasteiger partial charge in [0.25, 0.3) is 0 Å². The normalized spacial score (nSPS) is 14.0. The molecule has 1 unspecified atom stereocenters. The van der Waals surface area contributed by atoms with Crippen molar-refractivity contribution in [2.45, 2.75) is 12.4 Å². The first kappa shape index (κ1) is 6.98. The first-order valence-corrected chi connectivity index (χ1v) is 2.29. The molecule has 0 saturated heterocycles. The Bertz CT molecular complexity index is 42.7. The van der Waals surface area contributed by atoms with Gasteiger partial charge in [0.1, 0.15) is 7.85 Å². The third kappa shape index (κ3) is 3.82. The minimum Gasteiger partial charge on any atom is -0.391 e. The fraction of sp³-hybridized carbons (Fsp3) is 1.00. The standard InChI is InChI=1S/C4H10BNO/c1-7-4(5)2-3-6/h4H,2-3,6H2,1H3. The van der Waals surface area contributed by atoms with Gasteiger partial charge in [-0.1, -0.05) is 0 Å². The quantitative estimate of drug-likeness (QED) is 0.483.